The maximum Gasteiger partial charge on any atom is 0.304 e. The standard InChI is InChI=1S/C14H20FN3O2/c15-13-10-12(4-5-14(13)18(19)20)11-16-6-3-9-17-7-1-2-8-17/h4-5,10,16H,1-3,6-9,11H2. The van der Waals surface area contributed by atoms with Gasteiger partial charge < -0.3 is 10.2 Å². The van der Waals surface area contributed by atoms with Gasteiger partial charge in [0.25, 0.3) is 0 Å². The van der Waals surface area contributed by atoms with Gasteiger partial charge in [0.05, 0.1) is 4.92 Å². The van der Waals surface area contributed by atoms with Gasteiger partial charge in [0.2, 0.25) is 5.82 Å². The van der Waals surface area contributed by atoms with Crippen LogP contribution in [-0.2, 0) is 6.54 Å². The predicted molar refractivity (Wildman–Crippen MR) is 75.1 cm³/mol. The molecule has 0 spiro atoms. The van der Waals surface area contributed by atoms with Crippen LogP contribution < -0.4 is 5.32 Å². The van der Waals surface area contributed by atoms with E-state index in [1.165, 1.54) is 38.1 Å². The molecule has 1 aromatic rings. The minimum absolute atomic E-state index is 0.470. The van der Waals surface area contributed by atoms with Crippen LogP contribution in [0.25, 0.3) is 0 Å². The van der Waals surface area contributed by atoms with Crippen LogP contribution in [0.4, 0.5) is 10.1 Å². The number of nitro groups is 1. The molecule has 20 heavy (non-hydrogen) atoms. The second-order valence-electron chi connectivity index (χ2n) is 5.12. The van der Waals surface area contributed by atoms with Gasteiger partial charge in [0.1, 0.15) is 0 Å². The van der Waals surface area contributed by atoms with E-state index in [-0.39, 0.29) is 0 Å². The number of nitrogens with one attached hydrogen (secondary N) is 1. The van der Waals surface area contributed by atoms with Crippen molar-refractivity contribution < 1.29 is 9.31 Å². The Morgan fingerprint density at radius 1 is 1.35 bits per heavy atom. The van der Waals surface area contributed by atoms with Gasteiger partial charge in [-0.3, -0.25) is 10.1 Å². The first kappa shape index (κ1) is 14.9. The van der Waals surface area contributed by atoms with Gasteiger partial charge in [-0.05, 0) is 57.1 Å². The summed E-state index contributed by atoms with van der Waals surface area (Å²) in [6, 6.07) is 4.04. The fraction of sp³-hybridized carbons (Fsp3) is 0.571. The summed E-state index contributed by atoms with van der Waals surface area (Å²) in [6.45, 7) is 4.91. The Bertz CT molecular complexity index is 462. The highest BCUT2D eigenvalue weighted by molar-refractivity contribution is 5.34. The van der Waals surface area contributed by atoms with Crippen molar-refractivity contribution in [3.63, 3.8) is 0 Å². The SMILES string of the molecule is O=[N+]([O-])c1ccc(CNCCCN2CCCC2)cc1F. The van der Waals surface area contributed by atoms with Crippen molar-refractivity contribution in [1.29, 1.82) is 0 Å². The summed E-state index contributed by atoms with van der Waals surface area (Å²) in [4.78, 5) is 12.2. The molecule has 0 bridgehead atoms. The third-order valence-electron chi connectivity index (χ3n) is 3.56. The molecule has 0 unspecified atom stereocenters. The number of likely N-dealkylation sites (tertiary alicyclic amines) is 1. The molecule has 1 heterocycles. The Hall–Kier alpha value is -1.53. The molecule has 6 heteroatoms. The molecule has 0 aliphatic carbocycles. The van der Waals surface area contributed by atoms with E-state index in [9.17, 15) is 14.5 Å². The van der Waals surface area contributed by atoms with E-state index in [2.05, 4.69) is 10.2 Å². The summed E-state index contributed by atoms with van der Waals surface area (Å²) in [5.74, 6) is -0.772. The third-order valence-corrected chi connectivity index (χ3v) is 3.56. The maximum absolute atomic E-state index is 13.4. The molecule has 1 N–H and O–H groups in total. The predicted octanol–water partition coefficient (Wildman–Crippen LogP) is 2.31. The van der Waals surface area contributed by atoms with Crippen LogP contribution in [-0.4, -0.2) is 36.0 Å². The number of hydrogen-bond acceptors (Lipinski definition) is 4. The normalized spacial score (nSPS) is 15.7. The first-order chi connectivity index (χ1) is 9.66. The Morgan fingerprint density at radius 3 is 2.75 bits per heavy atom. The lowest BCUT2D eigenvalue weighted by molar-refractivity contribution is -0.387. The molecule has 1 saturated heterocycles. The number of nitrogens with zero attached hydrogens (tertiary/aromatic N) is 2. The van der Waals surface area contributed by atoms with Gasteiger partial charge in [-0.2, -0.15) is 4.39 Å². The lowest BCUT2D eigenvalue weighted by Crippen LogP contribution is -2.24. The van der Waals surface area contributed by atoms with Crippen LogP contribution in [0.2, 0.25) is 0 Å². The van der Waals surface area contributed by atoms with E-state index in [1.807, 2.05) is 0 Å². The Morgan fingerprint density at radius 2 is 2.10 bits per heavy atom. The Labute approximate surface area is 117 Å². The van der Waals surface area contributed by atoms with Gasteiger partial charge >= 0.3 is 5.69 Å². The van der Waals surface area contributed by atoms with Crippen LogP contribution in [0.3, 0.4) is 0 Å². The summed E-state index contributed by atoms with van der Waals surface area (Å²) in [5.41, 5.74) is 0.261. The summed E-state index contributed by atoms with van der Waals surface area (Å²) in [7, 11) is 0. The fourth-order valence-corrected chi connectivity index (χ4v) is 2.48. The molecule has 1 fully saturated rings. The monoisotopic (exact) mass is 281 g/mol. The van der Waals surface area contributed by atoms with E-state index in [0.717, 1.165) is 25.1 Å². The molecule has 5 nitrogen and oxygen atoms in total. The molecule has 0 amide bonds. The van der Waals surface area contributed by atoms with Gasteiger partial charge in [0, 0.05) is 12.6 Å². The molecule has 0 saturated carbocycles. The molecular weight excluding hydrogens is 261 g/mol. The molecule has 1 aliphatic heterocycles. The van der Waals surface area contributed by atoms with Crippen LogP contribution in [0, 0.1) is 15.9 Å². The molecule has 110 valence electrons. The quantitative estimate of drug-likeness (QED) is 0.473. The van der Waals surface area contributed by atoms with Crippen LogP contribution in [0.5, 0.6) is 0 Å². The van der Waals surface area contributed by atoms with Crippen LogP contribution in [0.15, 0.2) is 18.2 Å². The minimum atomic E-state index is -0.772. The molecule has 2 rings (SSSR count). The van der Waals surface area contributed by atoms with Crippen molar-refractivity contribution in [3.8, 4) is 0 Å². The zero-order valence-corrected chi connectivity index (χ0v) is 11.5. The summed E-state index contributed by atoms with van der Waals surface area (Å²) >= 11 is 0. The van der Waals surface area contributed by atoms with Gasteiger partial charge in [-0.1, -0.05) is 6.07 Å². The van der Waals surface area contributed by atoms with E-state index >= 15 is 0 Å². The lowest BCUT2D eigenvalue weighted by Gasteiger charge is -2.14. The van der Waals surface area contributed by atoms with E-state index in [0.29, 0.717) is 6.54 Å². The van der Waals surface area contributed by atoms with Crippen molar-refractivity contribution in [2.75, 3.05) is 26.2 Å². The van der Waals surface area contributed by atoms with Crippen LogP contribution >= 0.6 is 0 Å². The number of nitro benzene ring substituents is 1. The first-order valence-electron chi connectivity index (χ1n) is 7.03. The topological polar surface area (TPSA) is 58.4 Å². The Balaban J connectivity index is 1.68. The number of benzene rings is 1. The average molecular weight is 281 g/mol. The highest BCUT2D eigenvalue weighted by atomic mass is 19.1. The number of rotatable bonds is 7. The lowest BCUT2D eigenvalue weighted by atomic mass is 10.2. The molecular formula is C14H20FN3O2. The highest BCUT2D eigenvalue weighted by Gasteiger charge is 2.13. The molecule has 1 aliphatic rings. The van der Waals surface area contributed by atoms with Crippen molar-refractivity contribution in [2.24, 2.45) is 0 Å². The summed E-state index contributed by atoms with van der Waals surface area (Å²) < 4.78 is 13.4. The zero-order chi connectivity index (χ0) is 14.4. The van der Waals surface area contributed by atoms with Crippen molar-refractivity contribution in [2.45, 2.75) is 25.8 Å². The second kappa shape index (κ2) is 7.31. The zero-order valence-electron chi connectivity index (χ0n) is 11.5. The largest absolute Gasteiger partial charge is 0.313 e. The molecule has 0 atom stereocenters. The van der Waals surface area contributed by atoms with Gasteiger partial charge in [-0.25, -0.2) is 0 Å². The van der Waals surface area contributed by atoms with Gasteiger partial charge in [-0.15, -0.1) is 0 Å². The number of hydrogen-bond donors (Lipinski definition) is 1. The number of halogens is 1. The van der Waals surface area contributed by atoms with E-state index < -0.39 is 16.4 Å². The smallest absolute Gasteiger partial charge is 0.304 e. The Kier molecular flexibility index (Phi) is 5.43. The molecule has 1 aromatic carbocycles. The highest BCUT2D eigenvalue weighted by Crippen LogP contribution is 2.17. The van der Waals surface area contributed by atoms with Crippen LogP contribution in [0.1, 0.15) is 24.8 Å². The average Bonchev–Trinajstić information content (AvgIpc) is 2.91. The van der Waals surface area contributed by atoms with E-state index in [1.54, 1.807) is 6.07 Å². The maximum atomic E-state index is 13.4. The van der Waals surface area contributed by atoms with E-state index in [4.69, 9.17) is 0 Å². The van der Waals surface area contributed by atoms with Crippen molar-refractivity contribution >= 4 is 5.69 Å². The molecule has 0 aromatic heterocycles. The summed E-state index contributed by atoms with van der Waals surface area (Å²) in [5, 5.41) is 13.7. The molecule has 0 radical (unpaired) electrons. The summed E-state index contributed by atoms with van der Waals surface area (Å²) in [6.07, 6.45) is 3.67. The van der Waals surface area contributed by atoms with Gasteiger partial charge in [0.15, 0.2) is 0 Å². The van der Waals surface area contributed by atoms with Crippen molar-refractivity contribution in [3.05, 3.63) is 39.7 Å². The first-order valence-corrected chi connectivity index (χ1v) is 7.03. The van der Waals surface area contributed by atoms with Crippen molar-refractivity contribution in [1.82, 2.24) is 10.2 Å². The second-order valence-corrected chi connectivity index (χ2v) is 5.12. The third kappa shape index (κ3) is 4.25. The minimum Gasteiger partial charge on any atom is -0.313 e. The fourth-order valence-electron chi connectivity index (χ4n) is 2.48.